The van der Waals surface area contributed by atoms with Crippen LogP contribution in [0.2, 0.25) is 0 Å². The summed E-state index contributed by atoms with van der Waals surface area (Å²) in [6.45, 7) is 1.99. The van der Waals surface area contributed by atoms with Crippen molar-refractivity contribution in [2.75, 3.05) is 0 Å². The largest absolute Gasteiger partial charge is 0.469 e. The molecule has 12 heavy (non-hydrogen) atoms. The highest BCUT2D eigenvalue weighted by molar-refractivity contribution is 5.36. The zero-order chi connectivity index (χ0) is 8.39. The fourth-order valence-corrected chi connectivity index (χ4v) is 1.26. The van der Waals surface area contributed by atoms with Gasteiger partial charge in [-0.3, -0.25) is 0 Å². The normalized spacial score (nSPS) is 39.9. The monoisotopic (exact) mass is 161 g/mol. The molecule has 1 atom stereocenters. The van der Waals surface area contributed by atoms with Gasteiger partial charge in [-0.1, -0.05) is 24.3 Å². The highest BCUT2D eigenvalue weighted by atomic mass is 16.5. The standard InChI is InChI=1S/C10H11NO/c1-8-11-9-6-4-2-3-5-7-10(9)12-8/h2-8,11H,1H3/b3-2?,4-2-,5-3-,6-4?,7-5?,9-6+,10-7+. The van der Waals surface area contributed by atoms with Gasteiger partial charge in [0.25, 0.3) is 0 Å². The third-order valence-corrected chi connectivity index (χ3v) is 1.77. The number of allylic oxidation sites excluding steroid dienone is 6. The van der Waals surface area contributed by atoms with Gasteiger partial charge in [-0.05, 0) is 19.1 Å². The predicted molar refractivity (Wildman–Crippen MR) is 48.1 cm³/mol. The molecule has 0 amide bonds. The molecule has 1 unspecified atom stereocenters. The first-order valence-electron chi connectivity index (χ1n) is 4.05. The summed E-state index contributed by atoms with van der Waals surface area (Å²) in [4.78, 5) is 0. The Morgan fingerprint density at radius 3 is 2.75 bits per heavy atom. The fraction of sp³-hybridized carbons (Fsp3) is 0.200. The van der Waals surface area contributed by atoms with Crippen LogP contribution in [0.3, 0.4) is 0 Å². The lowest BCUT2D eigenvalue weighted by Crippen LogP contribution is -2.16. The molecule has 0 bridgehead atoms. The fourth-order valence-electron chi connectivity index (χ4n) is 1.26. The summed E-state index contributed by atoms with van der Waals surface area (Å²) < 4.78 is 5.50. The molecule has 1 fully saturated rings. The van der Waals surface area contributed by atoms with Gasteiger partial charge in [-0.25, -0.2) is 0 Å². The van der Waals surface area contributed by atoms with Gasteiger partial charge in [0.2, 0.25) is 0 Å². The highest BCUT2D eigenvalue weighted by Crippen LogP contribution is 2.20. The molecule has 2 heteroatoms. The van der Waals surface area contributed by atoms with Crippen LogP contribution in [0.1, 0.15) is 6.92 Å². The van der Waals surface area contributed by atoms with E-state index in [2.05, 4.69) is 5.32 Å². The molecule has 1 aliphatic carbocycles. The molecule has 0 radical (unpaired) electrons. The Hall–Kier alpha value is -1.44. The molecule has 1 aliphatic heterocycles. The molecular weight excluding hydrogens is 150 g/mol. The van der Waals surface area contributed by atoms with E-state index in [1.165, 1.54) is 0 Å². The molecule has 1 N–H and O–H groups in total. The smallest absolute Gasteiger partial charge is 0.167 e. The second-order valence-corrected chi connectivity index (χ2v) is 2.79. The van der Waals surface area contributed by atoms with E-state index in [4.69, 9.17) is 4.74 Å². The summed E-state index contributed by atoms with van der Waals surface area (Å²) in [5, 5.41) is 3.21. The van der Waals surface area contributed by atoms with E-state index in [1.807, 2.05) is 43.4 Å². The lowest BCUT2D eigenvalue weighted by atomic mass is 10.2. The Morgan fingerprint density at radius 2 is 1.92 bits per heavy atom. The summed E-state index contributed by atoms with van der Waals surface area (Å²) in [6.07, 6.45) is 12.0. The van der Waals surface area contributed by atoms with Gasteiger partial charge in [-0.2, -0.15) is 0 Å². The Kier molecular flexibility index (Phi) is 1.74. The Labute approximate surface area is 71.9 Å². The number of hydrogen-bond acceptors (Lipinski definition) is 2. The lowest BCUT2D eigenvalue weighted by molar-refractivity contribution is 0.164. The van der Waals surface area contributed by atoms with E-state index < -0.39 is 0 Å². The van der Waals surface area contributed by atoms with Crippen LogP contribution in [0.25, 0.3) is 0 Å². The van der Waals surface area contributed by atoms with Gasteiger partial charge >= 0.3 is 0 Å². The third-order valence-electron chi connectivity index (χ3n) is 1.77. The van der Waals surface area contributed by atoms with Crippen molar-refractivity contribution in [2.45, 2.75) is 13.2 Å². The molecule has 0 saturated carbocycles. The summed E-state index contributed by atoms with van der Waals surface area (Å²) in [6, 6.07) is 0. The molecule has 2 nitrogen and oxygen atoms in total. The van der Waals surface area contributed by atoms with Crippen molar-refractivity contribution in [3.8, 4) is 0 Å². The minimum Gasteiger partial charge on any atom is -0.469 e. The zero-order valence-corrected chi connectivity index (χ0v) is 6.95. The summed E-state index contributed by atoms with van der Waals surface area (Å²) >= 11 is 0. The average Bonchev–Trinajstić information content (AvgIpc) is 2.32. The van der Waals surface area contributed by atoms with Gasteiger partial charge in [0.1, 0.15) is 5.76 Å². The van der Waals surface area contributed by atoms with Crippen molar-refractivity contribution in [3.05, 3.63) is 47.9 Å². The van der Waals surface area contributed by atoms with Crippen molar-refractivity contribution in [1.82, 2.24) is 5.32 Å². The number of nitrogens with one attached hydrogen (secondary N) is 1. The maximum atomic E-state index is 5.50. The summed E-state index contributed by atoms with van der Waals surface area (Å²) in [7, 11) is 0. The molecule has 0 aromatic carbocycles. The molecule has 0 aromatic heterocycles. The zero-order valence-electron chi connectivity index (χ0n) is 6.95. The molecule has 1 heterocycles. The van der Waals surface area contributed by atoms with E-state index in [0.29, 0.717) is 0 Å². The van der Waals surface area contributed by atoms with Crippen LogP contribution in [-0.4, -0.2) is 6.23 Å². The van der Waals surface area contributed by atoms with Crippen molar-refractivity contribution < 1.29 is 4.74 Å². The molecule has 2 aliphatic rings. The number of ether oxygens (including phenoxy) is 1. The van der Waals surface area contributed by atoms with Crippen LogP contribution in [0, 0.1) is 0 Å². The van der Waals surface area contributed by atoms with E-state index in [9.17, 15) is 0 Å². The lowest BCUT2D eigenvalue weighted by Gasteiger charge is -1.99. The first-order chi connectivity index (χ1) is 5.86. The van der Waals surface area contributed by atoms with E-state index in [0.717, 1.165) is 11.5 Å². The quantitative estimate of drug-likeness (QED) is 0.585. The van der Waals surface area contributed by atoms with Crippen molar-refractivity contribution in [3.63, 3.8) is 0 Å². The number of hydrogen-bond donors (Lipinski definition) is 1. The first-order valence-corrected chi connectivity index (χ1v) is 4.05. The van der Waals surface area contributed by atoms with Gasteiger partial charge in [0.15, 0.2) is 6.23 Å². The Bertz CT molecular complexity index is 267. The van der Waals surface area contributed by atoms with Crippen LogP contribution >= 0.6 is 0 Å². The topological polar surface area (TPSA) is 21.3 Å². The van der Waals surface area contributed by atoms with Crippen LogP contribution < -0.4 is 5.32 Å². The van der Waals surface area contributed by atoms with Crippen LogP contribution in [0.15, 0.2) is 47.9 Å². The van der Waals surface area contributed by atoms with E-state index >= 15 is 0 Å². The SMILES string of the molecule is CC1NC2=C/C=C\C=C/C=C\2O1. The minimum absolute atomic E-state index is 0.0856. The van der Waals surface area contributed by atoms with E-state index in [1.54, 1.807) is 0 Å². The van der Waals surface area contributed by atoms with Gasteiger partial charge < -0.3 is 10.1 Å². The van der Waals surface area contributed by atoms with Crippen LogP contribution in [-0.2, 0) is 4.74 Å². The second kappa shape index (κ2) is 2.89. The third kappa shape index (κ3) is 1.28. The number of fused-ring (bicyclic) bond motifs is 1. The molecule has 0 aromatic rings. The maximum Gasteiger partial charge on any atom is 0.167 e. The van der Waals surface area contributed by atoms with Crippen molar-refractivity contribution in [1.29, 1.82) is 0 Å². The van der Waals surface area contributed by atoms with E-state index in [-0.39, 0.29) is 6.23 Å². The Morgan fingerprint density at radius 1 is 1.17 bits per heavy atom. The van der Waals surface area contributed by atoms with Crippen molar-refractivity contribution >= 4 is 0 Å². The first kappa shape index (κ1) is 7.22. The molecule has 0 spiro atoms. The second-order valence-electron chi connectivity index (χ2n) is 2.79. The molecular formula is C10H11NO. The van der Waals surface area contributed by atoms with Gasteiger partial charge in [-0.15, -0.1) is 0 Å². The Balaban J connectivity index is 2.33. The highest BCUT2D eigenvalue weighted by Gasteiger charge is 2.19. The molecule has 2 rings (SSSR count). The van der Waals surface area contributed by atoms with Crippen LogP contribution in [0.4, 0.5) is 0 Å². The summed E-state index contributed by atoms with van der Waals surface area (Å²) in [5.41, 5.74) is 1.06. The molecule has 62 valence electrons. The predicted octanol–water partition coefficient (Wildman–Crippen LogP) is 1.85. The minimum atomic E-state index is 0.0856. The summed E-state index contributed by atoms with van der Waals surface area (Å²) in [5.74, 6) is 0.920. The van der Waals surface area contributed by atoms with Crippen molar-refractivity contribution in [2.24, 2.45) is 0 Å². The van der Waals surface area contributed by atoms with Gasteiger partial charge in [0, 0.05) is 0 Å². The van der Waals surface area contributed by atoms with Gasteiger partial charge in [0.05, 0.1) is 5.70 Å². The van der Waals surface area contributed by atoms with Crippen LogP contribution in [0.5, 0.6) is 0 Å². The molecule has 1 saturated heterocycles. The number of rotatable bonds is 0. The maximum absolute atomic E-state index is 5.50. The average molecular weight is 161 g/mol.